The first-order valence-electron chi connectivity index (χ1n) is 12.6. The molecule has 0 saturated carbocycles. The number of ketones is 1. The molecule has 3 atom stereocenters. The lowest BCUT2D eigenvalue weighted by molar-refractivity contribution is -0.133. The molecule has 6 nitrogen and oxygen atoms in total. The van der Waals surface area contributed by atoms with Gasteiger partial charge in [-0.2, -0.15) is 0 Å². The molecule has 1 fully saturated rings. The molecule has 2 N–H and O–H groups in total. The lowest BCUT2D eigenvalue weighted by atomic mass is 9.80. The molecular formula is C32H31NO5. The summed E-state index contributed by atoms with van der Waals surface area (Å²) in [5.41, 5.74) is 8.98. The SMILES string of the molecule is COc1ccc(CO[C@@H]2C(=O)[C@@H](COC(c3ccccc3)(c3ccccc3)c3ccccc3)O[C@H]2N)cc1. The van der Waals surface area contributed by atoms with Crippen molar-refractivity contribution >= 4 is 5.78 Å². The van der Waals surface area contributed by atoms with Gasteiger partial charge in [-0.25, -0.2) is 0 Å². The molecule has 0 aliphatic carbocycles. The number of hydrogen-bond donors (Lipinski definition) is 1. The molecule has 0 unspecified atom stereocenters. The third-order valence-corrected chi connectivity index (χ3v) is 6.80. The van der Waals surface area contributed by atoms with Crippen LogP contribution in [0.15, 0.2) is 115 Å². The third-order valence-electron chi connectivity index (χ3n) is 6.80. The van der Waals surface area contributed by atoms with E-state index >= 15 is 0 Å². The molecule has 6 heteroatoms. The second kappa shape index (κ2) is 11.7. The van der Waals surface area contributed by atoms with Gasteiger partial charge in [0.15, 0.2) is 11.9 Å². The average molecular weight is 510 g/mol. The number of nitrogens with two attached hydrogens (primary N) is 1. The predicted octanol–water partition coefficient (Wildman–Crippen LogP) is 4.84. The summed E-state index contributed by atoms with van der Waals surface area (Å²) in [6, 6.07) is 37.5. The predicted molar refractivity (Wildman–Crippen MR) is 145 cm³/mol. The molecule has 194 valence electrons. The van der Waals surface area contributed by atoms with Crippen LogP contribution < -0.4 is 10.5 Å². The van der Waals surface area contributed by atoms with Gasteiger partial charge in [0.2, 0.25) is 0 Å². The Morgan fingerprint density at radius 3 is 1.74 bits per heavy atom. The lowest BCUT2D eigenvalue weighted by Gasteiger charge is -2.36. The molecule has 4 aromatic rings. The molecular weight excluding hydrogens is 478 g/mol. The van der Waals surface area contributed by atoms with Crippen molar-refractivity contribution in [2.75, 3.05) is 13.7 Å². The zero-order valence-electron chi connectivity index (χ0n) is 21.2. The second-order valence-electron chi connectivity index (χ2n) is 9.16. The highest BCUT2D eigenvalue weighted by Crippen LogP contribution is 2.41. The van der Waals surface area contributed by atoms with E-state index in [9.17, 15) is 4.79 Å². The maximum atomic E-state index is 13.3. The van der Waals surface area contributed by atoms with E-state index in [4.69, 9.17) is 24.7 Å². The maximum Gasteiger partial charge on any atom is 0.196 e. The van der Waals surface area contributed by atoms with Crippen molar-refractivity contribution < 1.29 is 23.7 Å². The molecule has 0 amide bonds. The van der Waals surface area contributed by atoms with Gasteiger partial charge in [-0.05, 0) is 34.4 Å². The summed E-state index contributed by atoms with van der Waals surface area (Å²) >= 11 is 0. The summed E-state index contributed by atoms with van der Waals surface area (Å²) < 4.78 is 23.7. The van der Waals surface area contributed by atoms with Crippen molar-refractivity contribution in [3.05, 3.63) is 138 Å². The number of rotatable bonds is 10. The first-order valence-corrected chi connectivity index (χ1v) is 12.6. The zero-order valence-corrected chi connectivity index (χ0v) is 21.2. The van der Waals surface area contributed by atoms with Crippen LogP contribution in [0, 0.1) is 0 Å². The number of benzene rings is 4. The monoisotopic (exact) mass is 509 g/mol. The molecule has 0 bridgehead atoms. The minimum atomic E-state index is -0.959. The number of carbonyl (C=O) groups excluding carboxylic acids is 1. The first kappa shape index (κ1) is 25.8. The van der Waals surface area contributed by atoms with Crippen molar-refractivity contribution in [3.63, 3.8) is 0 Å². The Morgan fingerprint density at radius 2 is 1.26 bits per heavy atom. The molecule has 4 aromatic carbocycles. The number of carbonyl (C=O) groups is 1. The fraction of sp³-hybridized carbons (Fsp3) is 0.219. The summed E-state index contributed by atoms with van der Waals surface area (Å²) in [6.07, 6.45) is -2.62. The average Bonchev–Trinajstić information content (AvgIpc) is 3.26. The second-order valence-corrected chi connectivity index (χ2v) is 9.16. The highest BCUT2D eigenvalue weighted by molar-refractivity contribution is 5.89. The van der Waals surface area contributed by atoms with Crippen LogP contribution in [0.3, 0.4) is 0 Å². The van der Waals surface area contributed by atoms with Crippen LogP contribution in [0.25, 0.3) is 0 Å². The number of ether oxygens (including phenoxy) is 4. The summed E-state index contributed by atoms with van der Waals surface area (Å²) in [7, 11) is 1.61. The summed E-state index contributed by atoms with van der Waals surface area (Å²) in [5, 5.41) is 0. The van der Waals surface area contributed by atoms with Crippen molar-refractivity contribution in [2.24, 2.45) is 5.73 Å². The smallest absolute Gasteiger partial charge is 0.196 e. The van der Waals surface area contributed by atoms with Crippen LogP contribution in [-0.2, 0) is 31.2 Å². The van der Waals surface area contributed by atoms with Gasteiger partial charge in [0.1, 0.15) is 23.7 Å². The van der Waals surface area contributed by atoms with E-state index in [0.717, 1.165) is 28.0 Å². The molecule has 0 aromatic heterocycles. The van der Waals surface area contributed by atoms with Crippen LogP contribution in [0.2, 0.25) is 0 Å². The third kappa shape index (κ3) is 5.26. The summed E-state index contributed by atoms with van der Waals surface area (Å²) in [6.45, 7) is 0.237. The van der Waals surface area contributed by atoms with Crippen molar-refractivity contribution in [3.8, 4) is 5.75 Å². The Labute approximate surface area is 222 Å². The van der Waals surface area contributed by atoms with Gasteiger partial charge in [0.25, 0.3) is 0 Å². The lowest BCUT2D eigenvalue weighted by Crippen LogP contribution is -2.38. The van der Waals surface area contributed by atoms with Crippen LogP contribution in [0.5, 0.6) is 5.75 Å². The first-order chi connectivity index (χ1) is 18.6. The Bertz CT molecular complexity index is 1220. The van der Waals surface area contributed by atoms with Gasteiger partial charge >= 0.3 is 0 Å². The minimum absolute atomic E-state index is 0.00755. The molecule has 1 aliphatic rings. The van der Waals surface area contributed by atoms with E-state index in [1.165, 1.54) is 0 Å². The minimum Gasteiger partial charge on any atom is -0.497 e. The van der Waals surface area contributed by atoms with Gasteiger partial charge < -0.3 is 24.7 Å². The van der Waals surface area contributed by atoms with Crippen molar-refractivity contribution in [1.29, 1.82) is 0 Å². The quantitative estimate of drug-likeness (QED) is 0.308. The van der Waals surface area contributed by atoms with Crippen LogP contribution in [0.1, 0.15) is 22.3 Å². The fourth-order valence-electron chi connectivity index (χ4n) is 4.85. The van der Waals surface area contributed by atoms with Crippen molar-refractivity contribution in [2.45, 2.75) is 30.6 Å². The van der Waals surface area contributed by atoms with Gasteiger partial charge in [-0.3, -0.25) is 4.79 Å². The van der Waals surface area contributed by atoms with Gasteiger partial charge in [0, 0.05) is 0 Å². The Balaban J connectivity index is 1.39. The van der Waals surface area contributed by atoms with E-state index in [0.29, 0.717) is 0 Å². The Morgan fingerprint density at radius 1 is 0.763 bits per heavy atom. The Hall–Kier alpha value is -3.81. The van der Waals surface area contributed by atoms with E-state index in [-0.39, 0.29) is 19.0 Å². The highest BCUT2D eigenvalue weighted by Gasteiger charge is 2.45. The molecule has 0 spiro atoms. The molecule has 0 radical (unpaired) electrons. The summed E-state index contributed by atoms with van der Waals surface area (Å²) in [5.74, 6) is 0.524. The number of hydrogen-bond acceptors (Lipinski definition) is 6. The van der Waals surface area contributed by atoms with Crippen LogP contribution in [0.4, 0.5) is 0 Å². The largest absolute Gasteiger partial charge is 0.497 e. The molecule has 1 heterocycles. The fourth-order valence-corrected chi connectivity index (χ4v) is 4.85. The number of methoxy groups -OCH3 is 1. The molecule has 38 heavy (non-hydrogen) atoms. The topological polar surface area (TPSA) is 80.0 Å². The highest BCUT2D eigenvalue weighted by atomic mass is 16.6. The van der Waals surface area contributed by atoms with Crippen molar-refractivity contribution in [1.82, 2.24) is 0 Å². The van der Waals surface area contributed by atoms with Gasteiger partial charge in [0.05, 0.1) is 20.3 Å². The normalized spacial score (nSPS) is 19.4. The standard InChI is InChI=1S/C32H31NO5/c1-35-27-19-17-23(18-20-27)21-36-30-29(34)28(38-31(30)33)22-37-32(24-11-5-2-6-12-24,25-13-7-3-8-14-25)26-15-9-4-10-16-26/h2-20,28,30-31H,21-22,33H2,1H3/t28-,30-,31-/m1/s1. The maximum absolute atomic E-state index is 13.3. The summed E-state index contributed by atoms with van der Waals surface area (Å²) in [4.78, 5) is 13.3. The molecule has 5 rings (SSSR count). The zero-order chi connectivity index (χ0) is 26.4. The van der Waals surface area contributed by atoms with E-state index in [1.807, 2.05) is 115 Å². The Kier molecular flexibility index (Phi) is 7.96. The van der Waals surface area contributed by atoms with E-state index in [2.05, 4.69) is 0 Å². The van der Waals surface area contributed by atoms with E-state index in [1.54, 1.807) is 7.11 Å². The molecule has 1 aliphatic heterocycles. The van der Waals surface area contributed by atoms with E-state index < -0.39 is 24.0 Å². The van der Waals surface area contributed by atoms with Crippen LogP contribution in [-0.4, -0.2) is 37.9 Å². The number of Topliss-reactive ketones (excluding diaryl/α,β-unsaturated/α-hetero) is 1. The molecule has 1 saturated heterocycles. The van der Waals surface area contributed by atoms with Crippen LogP contribution >= 0.6 is 0 Å². The van der Waals surface area contributed by atoms with Gasteiger partial charge in [-0.15, -0.1) is 0 Å². The van der Waals surface area contributed by atoms with Gasteiger partial charge in [-0.1, -0.05) is 103 Å².